The van der Waals surface area contributed by atoms with Crippen molar-refractivity contribution in [3.63, 3.8) is 0 Å². The lowest BCUT2D eigenvalue weighted by atomic mass is 9.97. The summed E-state index contributed by atoms with van der Waals surface area (Å²) in [5.74, 6) is 0.719. The van der Waals surface area contributed by atoms with Gasteiger partial charge in [-0.25, -0.2) is 4.79 Å². The van der Waals surface area contributed by atoms with Gasteiger partial charge < -0.3 is 14.0 Å². The van der Waals surface area contributed by atoms with Gasteiger partial charge in [0, 0.05) is 14.1 Å². The maximum absolute atomic E-state index is 13.6. The van der Waals surface area contributed by atoms with Crippen LogP contribution in [0.3, 0.4) is 0 Å². The number of benzene rings is 2. The van der Waals surface area contributed by atoms with E-state index in [4.69, 9.17) is 9.47 Å². The first kappa shape index (κ1) is 22.2. The van der Waals surface area contributed by atoms with Gasteiger partial charge >= 0.3 is 5.69 Å². The first-order valence-electron chi connectivity index (χ1n) is 11.3. The van der Waals surface area contributed by atoms with Crippen molar-refractivity contribution < 1.29 is 9.47 Å². The molecule has 2 aromatic heterocycles. The maximum atomic E-state index is 13.6. The second-order valence-electron chi connectivity index (χ2n) is 9.65. The number of hydrogen-bond acceptors (Lipinski definition) is 4. The van der Waals surface area contributed by atoms with Crippen LogP contribution in [0, 0.1) is 6.92 Å². The molecule has 0 unspecified atom stereocenters. The largest absolute Gasteiger partial charge is 0.497 e. The topological polar surface area (TPSA) is 67.4 Å². The molecule has 0 saturated heterocycles. The zero-order valence-electron chi connectivity index (χ0n) is 20.4. The van der Waals surface area contributed by atoms with Gasteiger partial charge in [0.2, 0.25) is 0 Å². The van der Waals surface area contributed by atoms with Crippen LogP contribution in [0.15, 0.2) is 58.1 Å². The average molecular weight is 460 g/mol. The summed E-state index contributed by atoms with van der Waals surface area (Å²) in [6, 6.07) is 15.9. The van der Waals surface area contributed by atoms with Gasteiger partial charge in [-0.3, -0.25) is 13.9 Å². The molecular weight excluding hydrogens is 430 g/mol. The molecule has 176 valence electrons. The van der Waals surface area contributed by atoms with Gasteiger partial charge in [-0.1, -0.05) is 35.9 Å². The summed E-state index contributed by atoms with van der Waals surface area (Å²) in [4.78, 5) is 26.7. The molecule has 4 aromatic rings. The Morgan fingerprint density at radius 3 is 2.47 bits per heavy atom. The highest BCUT2D eigenvalue weighted by molar-refractivity contribution is 5.97. The minimum absolute atomic E-state index is 0.309. The number of hydrogen-bond donors (Lipinski definition) is 0. The lowest BCUT2D eigenvalue weighted by molar-refractivity contribution is -0.00714. The first-order chi connectivity index (χ1) is 16.2. The molecule has 7 heteroatoms. The van der Waals surface area contributed by atoms with Crippen molar-refractivity contribution in [1.82, 2.24) is 13.7 Å². The molecule has 1 aliphatic heterocycles. The second kappa shape index (κ2) is 7.74. The smallest absolute Gasteiger partial charge is 0.331 e. The fourth-order valence-corrected chi connectivity index (χ4v) is 5.12. The molecule has 5 rings (SSSR count). The van der Waals surface area contributed by atoms with Crippen LogP contribution in [0.5, 0.6) is 5.75 Å². The van der Waals surface area contributed by atoms with Crippen LogP contribution in [0.1, 0.15) is 36.8 Å². The minimum atomic E-state index is -0.470. The Labute approximate surface area is 197 Å². The first-order valence-corrected chi connectivity index (χ1v) is 11.3. The molecule has 1 atom stereocenters. The lowest BCUT2D eigenvalue weighted by Gasteiger charge is -2.39. The third-order valence-electron chi connectivity index (χ3n) is 6.75. The van der Waals surface area contributed by atoms with Crippen LogP contribution >= 0.6 is 0 Å². The van der Waals surface area contributed by atoms with E-state index in [1.807, 2.05) is 49.4 Å². The summed E-state index contributed by atoms with van der Waals surface area (Å²) in [6.45, 7) is 6.67. The summed E-state index contributed by atoms with van der Waals surface area (Å²) in [6.07, 6.45) is -0.470. The SMILES string of the molecule is COc1cccc([C@@H]2OCC(C)(C)n3c(-c4cccc(C)c4)c4c(=O)n(C)c(=O)n(C)c4c32)c1. The van der Waals surface area contributed by atoms with Crippen molar-refractivity contribution >= 4 is 10.9 Å². The molecule has 34 heavy (non-hydrogen) atoms. The summed E-state index contributed by atoms with van der Waals surface area (Å²) in [7, 11) is 4.88. The molecule has 0 amide bonds. The summed E-state index contributed by atoms with van der Waals surface area (Å²) < 4.78 is 16.9. The van der Waals surface area contributed by atoms with E-state index in [1.165, 1.54) is 11.6 Å². The molecule has 0 saturated carbocycles. The van der Waals surface area contributed by atoms with E-state index in [-0.39, 0.29) is 11.2 Å². The fourth-order valence-electron chi connectivity index (χ4n) is 5.12. The normalized spacial score (nSPS) is 17.1. The Morgan fingerprint density at radius 1 is 1.03 bits per heavy atom. The van der Waals surface area contributed by atoms with E-state index in [2.05, 4.69) is 24.5 Å². The molecule has 0 N–H and O–H groups in total. The quantitative estimate of drug-likeness (QED) is 0.466. The van der Waals surface area contributed by atoms with Crippen molar-refractivity contribution in [3.8, 4) is 17.0 Å². The fraction of sp³-hybridized carbons (Fsp3) is 0.333. The van der Waals surface area contributed by atoms with E-state index in [0.717, 1.165) is 33.8 Å². The zero-order chi connectivity index (χ0) is 24.4. The van der Waals surface area contributed by atoms with Crippen LogP contribution in [0.25, 0.3) is 22.2 Å². The summed E-state index contributed by atoms with van der Waals surface area (Å²) >= 11 is 0. The van der Waals surface area contributed by atoms with E-state index < -0.39 is 11.6 Å². The van der Waals surface area contributed by atoms with Crippen LogP contribution in [-0.4, -0.2) is 27.4 Å². The number of nitrogens with zero attached hydrogens (tertiary/aromatic N) is 3. The number of rotatable bonds is 3. The zero-order valence-corrected chi connectivity index (χ0v) is 20.4. The summed E-state index contributed by atoms with van der Waals surface area (Å²) in [5, 5.41) is 0.525. The van der Waals surface area contributed by atoms with E-state index in [1.54, 1.807) is 18.7 Å². The van der Waals surface area contributed by atoms with Crippen molar-refractivity contribution in [2.24, 2.45) is 14.1 Å². The predicted octanol–water partition coefficient (Wildman–Crippen LogP) is 3.88. The Hall–Kier alpha value is -3.58. The highest BCUT2D eigenvalue weighted by Gasteiger charge is 2.40. The number of aryl methyl sites for hydroxylation is 2. The predicted molar refractivity (Wildman–Crippen MR) is 133 cm³/mol. The number of ether oxygens (including phenoxy) is 2. The van der Waals surface area contributed by atoms with Gasteiger partial charge in [-0.15, -0.1) is 0 Å². The molecule has 0 spiro atoms. The highest BCUT2D eigenvalue weighted by atomic mass is 16.5. The van der Waals surface area contributed by atoms with E-state index in [0.29, 0.717) is 17.5 Å². The summed E-state index contributed by atoms with van der Waals surface area (Å²) in [5.41, 5.74) is 4.02. The Kier molecular flexibility index (Phi) is 5.06. The van der Waals surface area contributed by atoms with Gasteiger partial charge in [0.15, 0.2) is 0 Å². The van der Waals surface area contributed by atoms with Crippen LogP contribution in [-0.2, 0) is 24.4 Å². The molecular formula is C27H29N3O4. The van der Waals surface area contributed by atoms with Gasteiger partial charge in [0.1, 0.15) is 11.9 Å². The van der Waals surface area contributed by atoms with Gasteiger partial charge in [0.25, 0.3) is 5.56 Å². The maximum Gasteiger partial charge on any atom is 0.331 e. The van der Waals surface area contributed by atoms with E-state index in [9.17, 15) is 9.59 Å². The van der Waals surface area contributed by atoms with Crippen molar-refractivity contribution in [1.29, 1.82) is 0 Å². The van der Waals surface area contributed by atoms with E-state index >= 15 is 0 Å². The lowest BCUT2D eigenvalue weighted by Crippen LogP contribution is -2.40. The minimum Gasteiger partial charge on any atom is -0.497 e. The third kappa shape index (κ3) is 3.15. The third-order valence-corrected chi connectivity index (χ3v) is 6.75. The van der Waals surface area contributed by atoms with Crippen molar-refractivity contribution in [2.75, 3.05) is 13.7 Å². The highest BCUT2D eigenvalue weighted by Crippen LogP contribution is 2.45. The standard InChI is InChI=1S/C27H29N3O4/c1-16-9-7-10-17(13-16)21-20-22(28(4)26(32)29(5)25(20)31)23-24(34-15-27(2,3)30(21)23)18-11-8-12-19(14-18)33-6/h7-14,24H,15H2,1-6H3/t24-/m0/s1. The Morgan fingerprint density at radius 2 is 1.76 bits per heavy atom. The molecule has 0 bridgehead atoms. The number of fused-ring (bicyclic) bond motifs is 3. The molecule has 0 aliphatic carbocycles. The van der Waals surface area contributed by atoms with Crippen molar-refractivity contribution in [2.45, 2.75) is 32.4 Å². The van der Waals surface area contributed by atoms with Crippen LogP contribution in [0.2, 0.25) is 0 Å². The van der Waals surface area contributed by atoms with Gasteiger partial charge in [0.05, 0.1) is 41.5 Å². The monoisotopic (exact) mass is 459 g/mol. The Bertz CT molecular complexity index is 1550. The molecule has 7 nitrogen and oxygen atoms in total. The average Bonchev–Trinajstić information content (AvgIpc) is 3.19. The molecule has 3 heterocycles. The van der Waals surface area contributed by atoms with Gasteiger partial charge in [-0.2, -0.15) is 0 Å². The molecule has 2 aromatic carbocycles. The molecule has 0 radical (unpaired) electrons. The Balaban J connectivity index is 2.00. The van der Waals surface area contributed by atoms with Gasteiger partial charge in [-0.05, 0) is 50.1 Å². The van der Waals surface area contributed by atoms with Crippen LogP contribution < -0.4 is 16.0 Å². The van der Waals surface area contributed by atoms with Crippen molar-refractivity contribution in [3.05, 3.63) is 86.2 Å². The van der Waals surface area contributed by atoms with Crippen LogP contribution in [0.4, 0.5) is 0 Å². The molecule has 1 aliphatic rings. The molecule has 0 fully saturated rings. The number of aromatic nitrogens is 3. The second-order valence-corrected chi connectivity index (χ2v) is 9.65. The number of methoxy groups -OCH3 is 1.